The lowest BCUT2D eigenvalue weighted by atomic mass is 10.2. The maximum Gasteiger partial charge on any atom is 0.254 e. The second-order valence-electron chi connectivity index (χ2n) is 4.43. The highest BCUT2D eigenvalue weighted by Gasteiger charge is 2.22. The lowest BCUT2D eigenvalue weighted by molar-refractivity contribution is 0.0643. The molecule has 1 aromatic heterocycles. The first-order chi connectivity index (χ1) is 9.13. The molecule has 0 atom stereocenters. The van der Waals surface area contributed by atoms with Crippen LogP contribution in [0.3, 0.4) is 0 Å². The van der Waals surface area contributed by atoms with Gasteiger partial charge in [-0.2, -0.15) is 0 Å². The molecule has 1 saturated heterocycles. The van der Waals surface area contributed by atoms with E-state index in [1.165, 1.54) is 0 Å². The first-order valence-corrected chi connectivity index (χ1v) is 6.67. The first-order valence-electron chi connectivity index (χ1n) is 6.30. The highest BCUT2D eigenvalue weighted by atomic mass is 35.5. The Hall–Kier alpha value is -1.37. The van der Waals surface area contributed by atoms with Gasteiger partial charge in [0.15, 0.2) is 0 Å². The van der Waals surface area contributed by atoms with Gasteiger partial charge in [-0.25, -0.2) is 10.8 Å². The lowest BCUT2D eigenvalue weighted by Crippen LogP contribution is -2.48. The average Bonchev–Trinajstić information content (AvgIpc) is 2.46. The number of amides is 1. The van der Waals surface area contributed by atoms with Crippen LogP contribution in [0, 0.1) is 0 Å². The highest BCUT2D eigenvalue weighted by Crippen LogP contribution is 2.16. The molecular weight excluding hydrogens is 266 g/mol. The van der Waals surface area contributed by atoms with Crippen LogP contribution < -0.4 is 11.3 Å². The Labute approximate surface area is 117 Å². The number of likely N-dealkylation sites (N-methyl/N-ethyl adjacent to an activating group) is 1. The van der Waals surface area contributed by atoms with E-state index in [1.54, 1.807) is 12.1 Å². The van der Waals surface area contributed by atoms with E-state index in [0.29, 0.717) is 11.4 Å². The Morgan fingerprint density at radius 3 is 2.68 bits per heavy atom. The fraction of sp³-hybridized carbons (Fsp3) is 0.500. The largest absolute Gasteiger partial charge is 0.336 e. The number of nitrogens with one attached hydrogen (secondary N) is 1. The molecule has 0 saturated carbocycles. The molecule has 1 amide bonds. The standard InChI is InChI=1S/C12H18ClN5O/c1-2-17-3-5-18(6-4-17)12(19)9-7-10(13)15-11(8-9)16-14/h7-8H,2-6,14H2,1H3,(H,15,16). The molecule has 104 valence electrons. The fourth-order valence-corrected chi connectivity index (χ4v) is 2.35. The topological polar surface area (TPSA) is 74.5 Å². The zero-order valence-corrected chi connectivity index (χ0v) is 11.7. The van der Waals surface area contributed by atoms with Crippen molar-refractivity contribution in [1.29, 1.82) is 0 Å². The Morgan fingerprint density at radius 2 is 2.11 bits per heavy atom. The van der Waals surface area contributed by atoms with Crippen molar-refractivity contribution in [3.63, 3.8) is 0 Å². The number of anilines is 1. The van der Waals surface area contributed by atoms with E-state index in [1.807, 2.05) is 4.90 Å². The molecule has 6 nitrogen and oxygen atoms in total. The van der Waals surface area contributed by atoms with Crippen LogP contribution in [-0.2, 0) is 0 Å². The molecule has 1 aliphatic heterocycles. The number of carbonyl (C=O) groups is 1. The van der Waals surface area contributed by atoms with Gasteiger partial charge in [-0.15, -0.1) is 0 Å². The van der Waals surface area contributed by atoms with Gasteiger partial charge in [0.25, 0.3) is 5.91 Å². The second-order valence-corrected chi connectivity index (χ2v) is 4.82. The van der Waals surface area contributed by atoms with Crippen molar-refractivity contribution in [3.8, 4) is 0 Å². The van der Waals surface area contributed by atoms with Crippen molar-refractivity contribution in [2.75, 3.05) is 38.1 Å². The number of hydrogen-bond acceptors (Lipinski definition) is 5. The van der Waals surface area contributed by atoms with Gasteiger partial charge in [0.2, 0.25) is 0 Å². The van der Waals surface area contributed by atoms with Gasteiger partial charge < -0.3 is 15.2 Å². The Morgan fingerprint density at radius 1 is 1.42 bits per heavy atom. The molecule has 0 radical (unpaired) electrons. The van der Waals surface area contributed by atoms with Crippen LogP contribution in [0.25, 0.3) is 0 Å². The summed E-state index contributed by atoms with van der Waals surface area (Å²) in [5.41, 5.74) is 2.92. The summed E-state index contributed by atoms with van der Waals surface area (Å²) in [5.74, 6) is 5.66. The molecule has 0 aliphatic carbocycles. The van der Waals surface area contributed by atoms with Gasteiger partial charge in [0.1, 0.15) is 11.0 Å². The molecule has 2 heterocycles. The number of halogens is 1. The number of hydrogen-bond donors (Lipinski definition) is 2. The number of nitrogens with zero attached hydrogens (tertiary/aromatic N) is 3. The highest BCUT2D eigenvalue weighted by molar-refractivity contribution is 6.29. The number of rotatable bonds is 3. The van der Waals surface area contributed by atoms with Crippen molar-refractivity contribution >= 4 is 23.3 Å². The maximum atomic E-state index is 12.4. The third kappa shape index (κ3) is 3.34. The van der Waals surface area contributed by atoms with E-state index in [0.717, 1.165) is 32.7 Å². The van der Waals surface area contributed by atoms with Crippen LogP contribution in [0.4, 0.5) is 5.82 Å². The van der Waals surface area contributed by atoms with Gasteiger partial charge in [-0.3, -0.25) is 4.79 Å². The van der Waals surface area contributed by atoms with Gasteiger partial charge in [0.05, 0.1) is 0 Å². The molecule has 1 aliphatic rings. The summed E-state index contributed by atoms with van der Waals surface area (Å²) in [5, 5.41) is 0.256. The minimum atomic E-state index is -0.0310. The number of hydrazine groups is 1. The Kier molecular flexibility index (Phi) is 4.57. The van der Waals surface area contributed by atoms with Gasteiger partial charge >= 0.3 is 0 Å². The smallest absolute Gasteiger partial charge is 0.254 e. The molecule has 7 heteroatoms. The number of nitrogens with two attached hydrogens (primary N) is 1. The van der Waals surface area contributed by atoms with Gasteiger partial charge in [0, 0.05) is 31.7 Å². The molecule has 19 heavy (non-hydrogen) atoms. The SMILES string of the molecule is CCN1CCN(C(=O)c2cc(Cl)nc(NN)c2)CC1. The zero-order valence-electron chi connectivity index (χ0n) is 10.9. The van der Waals surface area contributed by atoms with Gasteiger partial charge in [-0.05, 0) is 18.7 Å². The van der Waals surface area contributed by atoms with Crippen LogP contribution in [-0.4, -0.2) is 53.4 Å². The number of piperazine rings is 1. The summed E-state index contributed by atoms with van der Waals surface area (Å²) in [6, 6.07) is 3.18. The molecule has 0 spiro atoms. The summed E-state index contributed by atoms with van der Waals surface area (Å²) in [4.78, 5) is 20.5. The predicted molar refractivity (Wildman–Crippen MR) is 75.1 cm³/mol. The van der Waals surface area contributed by atoms with Crippen molar-refractivity contribution < 1.29 is 4.79 Å². The van der Waals surface area contributed by atoms with E-state index in [2.05, 4.69) is 22.2 Å². The normalized spacial score (nSPS) is 16.5. The van der Waals surface area contributed by atoms with E-state index in [-0.39, 0.29) is 11.1 Å². The summed E-state index contributed by atoms with van der Waals surface area (Å²) in [7, 11) is 0. The predicted octanol–water partition coefficient (Wildman–Crippen LogP) is 0.798. The van der Waals surface area contributed by atoms with Crippen LogP contribution in [0.15, 0.2) is 12.1 Å². The van der Waals surface area contributed by atoms with Crippen LogP contribution >= 0.6 is 11.6 Å². The third-order valence-corrected chi connectivity index (χ3v) is 3.49. The van der Waals surface area contributed by atoms with Crippen LogP contribution in [0.1, 0.15) is 17.3 Å². The number of carbonyl (C=O) groups excluding carboxylic acids is 1. The third-order valence-electron chi connectivity index (χ3n) is 3.30. The molecule has 1 fully saturated rings. The van der Waals surface area contributed by atoms with E-state index < -0.39 is 0 Å². The average molecular weight is 284 g/mol. The van der Waals surface area contributed by atoms with Crippen molar-refractivity contribution in [3.05, 3.63) is 22.8 Å². The first kappa shape index (κ1) is 14.0. The number of nitrogen functional groups attached to an aromatic ring is 1. The molecule has 1 aromatic rings. The van der Waals surface area contributed by atoms with E-state index in [9.17, 15) is 4.79 Å². The van der Waals surface area contributed by atoms with Crippen molar-refractivity contribution in [2.45, 2.75) is 6.92 Å². The molecule has 3 N–H and O–H groups in total. The minimum absolute atomic E-state index is 0.0310. The van der Waals surface area contributed by atoms with Crippen molar-refractivity contribution in [2.24, 2.45) is 5.84 Å². The van der Waals surface area contributed by atoms with E-state index in [4.69, 9.17) is 17.4 Å². The van der Waals surface area contributed by atoms with Crippen LogP contribution in [0.5, 0.6) is 0 Å². The Balaban J connectivity index is 2.09. The quantitative estimate of drug-likeness (QED) is 0.488. The van der Waals surface area contributed by atoms with E-state index >= 15 is 0 Å². The van der Waals surface area contributed by atoms with Crippen molar-refractivity contribution in [1.82, 2.24) is 14.8 Å². The molecule has 0 aromatic carbocycles. The summed E-state index contributed by atoms with van der Waals surface area (Å²) >= 11 is 5.87. The number of pyridine rings is 1. The van der Waals surface area contributed by atoms with Crippen LogP contribution in [0.2, 0.25) is 5.15 Å². The fourth-order valence-electron chi connectivity index (χ4n) is 2.14. The summed E-state index contributed by atoms with van der Waals surface area (Å²) < 4.78 is 0. The summed E-state index contributed by atoms with van der Waals surface area (Å²) in [6.45, 7) is 6.42. The maximum absolute atomic E-state index is 12.4. The zero-order chi connectivity index (χ0) is 13.8. The number of aromatic nitrogens is 1. The second kappa shape index (κ2) is 6.18. The van der Waals surface area contributed by atoms with Gasteiger partial charge in [-0.1, -0.05) is 18.5 Å². The minimum Gasteiger partial charge on any atom is -0.336 e. The molecule has 0 unspecified atom stereocenters. The summed E-state index contributed by atoms with van der Waals surface area (Å²) in [6.07, 6.45) is 0. The molecule has 2 rings (SSSR count). The lowest BCUT2D eigenvalue weighted by Gasteiger charge is -2.34. The monoisotopic (exact) mass is 283 g/mol. The Bertz CT molecular complexity index is 459. The molecular formula is C12H18ClN5O. The molecule has 0 bridgehead atoms.